The number of sulfone groups is 1. The predicted octanol–water partition coefficient (Wildman–Crippen LogP) is 3.32. The zero-order chi connectivity index (χ0) is 22.4. The smallest absolute Gasteiger partial charge is 0.240 e. The third-order valence-electron chi connectivity index (χ3n) is 4.83. The highest BCUT2D eigenvalue weighted by Gasteiger charge is 2.17. The number of nitrogens with one attached hydrogen (secondary N) is 1. The molecule has 0 saturated carbocycles. The van der Waals surface area contributed by atoms with Crippen LogP contribution in [0.15, 0.2) is 48.5 Å². The van der Waals surface area contributed by atoms with E-state index in [1.807, 2.05) is 42.5 Å². The summed E-state index contributed by atoms with van der Waals surface area (Å²) in [5.41, 5.74) is 2.29. The molecule has 0 atom stereocenters. The van der Waals surface area contributed by atoms with E-state index >= 15 is 0 Å². The van der Waals surface area contributed by atoms with Gasteiger partial charge in [-0.3, -0.25) is 4.79 Å². The van der Waals surface area contributed by atoms with E-state index in [4.69, 9.17) is 4.74 Å². The third kappa shape index (κ3) is 6.55. The Hall–Kier alpha value is -2.87. The molecule has 0 saturated heterocycles. The zero-order valence-corrected chi connectivity index (χ0v) is 19.0. The number of fused-ring (bicyclic) bond motifs is 1. The van der Waals surface area contributed by atoms with Crippen molar-refractivity contribution in [3.8, 4) is 5.75 Å². The van der Waals surface area contributed by atoms with Crippen LogP contribution in [0.2, 0.25) is 0 Å². The summed E-state index contributed by atoms with van der Waals surface area (Å²) >= 11 is 0. The van der Waals surface area contributed by atoms with E-state index < -0.39 is 9.84 Å². The Bertz CT molecular complexity index is 1150. The van der Waals surface area contributed by atoms with Gasteiger partial charge in [-0.05, 0) is 30.5 Å². The molecule has 0 aliphatic carbocycles. The highest BCUT2D eigenvalue weighted by Crippen LogP contribution is 2.20. The molecule has 8 heteroatoms. The maximum Gasteiger partial charge on any atom is 0.240 e. The summed E-state index contributed by atoms with van der Waals surface area (Å²) in [5.74, 6) is 1.22. The SMILES string of the molecule is CC(C)CCOc1ccccc1CNC(=O)Cn1c(CS(C)(=O)=O)nc2ccccc21. The number of hydrogen-bond acceptors (Lipinski definition) is 5. The molecule has 3 aromatic rings. The Balaban J connectivity index is 1.71. The van der Waals surface area contributed by atoms with Crippen LogP contribution < -0.4 is 10.1 Å². The van der Waals surface area contributed by atoms with E-state index in [1.54, 1.807) is 10.6 Å². The zero-order valence-electron chi connectivity index (χ0n) is 18.2. The molecular weight excluding hydrogens is 414 g/mol. The van der Waals surface area contributed by atoms with Crippen LogP contribution in [0.5, 0.6) is 5.75 Å². The maximum absolute atomic E-state index is 12.7. The van der Waals surface area contributed by atoms with Gasteiger partial charge in [-0.15, -0.1) is 0 Å². The number of ether oxygens (including phenoxy) is 1. The molecule has 0 unspecified atom stereocenters. The molecule has 1 N–H and O–H groups in total. The number of aromatic nitrogens is 2. The summed E-state index contributed by atoms with van der Waals surface area (Å²) in [4.78, 5) is 17.1. The van der Waals surface area contributed by atoms with Crippen molar-refractivity contribution in [1.82, 2.24) is 14.9 Å². The fraction of sp³-hybridized carbons (Fsp3) is 0.391. The second kappa shape index (κ2) is 9.96. The molecule has 3 rings (SSSR count). The first-order valence-corrected chi connectivity index (χ1v) is 12.4. The van der Waals surface area contributed by atoms with Gasteiger partial charge in [0.15, 0.2) is 9.84 Å². The standard InChI is InChI=1S/C23H29N3O4S/c1-17(2)12-13-30-21-11-7-4-8-18(21)14-24-23(27)15-26-20-10-6-5-9-19(20)25-22(26)16-31(3,28)29/h4-11,17H,12-16H2,1-3H3,(H,24,27). The minimum atomic E-state index is -3.29. The van der Waals surface area contributed by atoms with E-state index in [0.717, 1.165) is 29.5 Å². The van der Waals surface area contributed by atoms with Crippen molar-refractivity contribution in [1.29, 1.82) is 0 Å². The average molecular weight is 444 g/mol. The van der Waals surface area contributed by atoms with Crippen LogP contribution in [0, 0.1) is 5.92 Å². The number of imidazole rings is 1. The van der Waals surface area contributed by atoms with Gasteiger partial charge in [0.1, 0.15) is 23.9 Å². The van der Waals surface area contributed by atoms with Crippen molar-refractivity contribution in [2.24, 2.45) is 5.92 Å². The molecule has 0 aliphatic rings. The molecule has 2 aromatic carbocycles. The van der Waals surface area contributed by atoms with E-state index in [1.165, 1.54) is 0 Å². The molecule has 0 spiro atoms. The predicted molar refractivity (Wildman–Crippen MR) is 122 cm³/mol. The van der Waals surface area contributed by atoms with Gasteiger partial charge in [0, 0.05) is 18.4 Å². The number of nitrogens with zero attached hydrogens (tertiary/aromatic N) is 2. The molecule has 1 amide bonds. The summed E-state index contributed by atoms with van der Waals surface area (Å²) in [6, 6.07) is 14.9. The average Bonchev–Trinajstić information content (AvgIpc) is 3.02. The second-order valence-electron chi connectivity index (χ2n) is 8.09. The highest BCUT2D eigenvalue weighted by atomic mass is 32.2. The number of para-hydroxylation sites is 3. The van der Waals surface area contributed by atoms with E-state index in [2.05, 4.69) is 24.1 Å². The van der Waals surface area contributed by atoms with Gasteiger partial charge < -0.3 is 14.6 Å². The first-order chi connectivity index (χ1) is 14.7. The summed E-state index contributed by atoms with van der Waals surface area (Å²) < 4.78 is 31.2. The van der Waals surface area contributed by atoms with Gasteiger partial charge in [0.25, 0.3) is 0 Å². The summed E-state index contributed by atoms with van der Waals surface area (Å²) in [5, 5.41) is 2.91. The molecule has 0 radical (unpaired) electrons. The summed E-state index contributed by atoms with van der Waals surface area (Å²) in [6.45, 7) is 5.23. The van der Waals surface area contributed by atoms with Crippen LogP contribution in [0.3, 0.4) is 0 Å². The number of carbonyl (C=O) groups excluding carboxylic acids is 1. The number of hydrogen-bond donors (Lipinski definition) is 1. The van der Waals surface area contributed by atoms with Crippen molar-refractivity contribution in [3.05, 3.63) is 59.9 Å². The Labute approximate surface area is 183 Å². The third-order valence-corrected chi connectivity index (χ3v) is 5.61. The molecule has 166 valence electrons. The summed E-state index contributed by atoms with van der Waals surface area (Å²) in [6.07, 6.45) is 2.12. The van der Waals surface area contributed by atoms with E-state index in [-0.39, 0.29) is 18.2 Å². The quantitative estimate of drug-likeness (QED) is 0.519. The number of amides is 1. The Kier molecular flexibility index (Phi) is 7.33. The normalized spacial score (nSPS) is 11.7. The minimum Gasteiger partial charge on any atom is -0.493 e. The lowest BCUT2D eigenvalue weighted by Gasteiger charge is -2.14. The van der Waals surface area contributed by atoms with Crippen LogP contribution in [0.25, 0.3) is 11.0 Å². The van der Waals surface area contributed by atoms with Crippen LogP contribution in [-0.2, 0) is 33.5 Å². The molecule has 0 aliphatic heterocycles. The largest absolute Gasteiger partial charge is 0.493 e. The maximum atomic E-state index is 12.7. The van der Waals surface area contributed by atoms with Gasteiger partial charge in [-0.25, -0.2) is 13.4 Å². The lowest BCUT2D eigenvalue weighted by atomic mass is 10.1. The van der Waals surface area contributed by atoms with Crippen molar-refractivity contribution < 1.29 is 17.9 Å². The molecule has 1 heterocycles. The van der Waals surface area contributed by atoms with Gasteiger partial charge in [-0.1, -0.05) is 44.2 Å². The van der Waals surface area contributed by atoms with Gasteiger partial charge in [0.05, 0.1) is 17.6 Å². The van der Waals surface area contributed by atoms with Crippen molar-refractivity contribution >= 4 is 26.8 Å². The number of rotatable bonds is 10. The van der Waals surface area contributed by atoms with Crippen molar-refractivity contribution in [2.75, 3.05) is 12.9 Å². The van der Waals surface area contributed by atoms with Crippen LogP contribution in [-0.4, -0.2) is 36.7 Å². The molecule has 7 nitrogen and oxygen atoms in total. The lowest BCUT2D eigenvalue weighted by molar-refractivity contribution is -0.121. The van der Waals surface area contributed by atoms with Crippen molar-refractivity contribution in [2.45, 2.75) is 39.1 Å². The van der Waals surface area contributed by atoms with Crippen LogP contribution in [0.1, 0.15) is 31.7 Å². The Morgan fingerprint density at radius 3 is 2.58 bits per heavy atom. The molecule has 1 aromatic heterocycles. The monoisotopic (exact) mass is 443 g/mol. The Morgan fingerprint density at radius 1 is 1.13 bits per heavy atom. The summed E-state index contributed by atoms with van der Waals surface area (Å²) in [7, 11) is -3.29. The molecular formula is C23H29N3O4S. The van der Waals surface area contributed by atoms with E-state index in [0.29, 0.717) is 30.4 Å². The number of benzene rings is 2. The van der Waals surface area contributed by atoms with Crippen LogP contribution in [0.4, 0.5) is 0 Å². The Morgan fingerprint density at radius 2 is 1.84 bits per heavy atom. The first-order valence-electron chi connectivity index (χ1n) is 10.3. The van der Waals surface area contributed by atoms with Crippen molar-refractivity contribution in [3.63, 3.8) is 0 Å². The molecule has 0 bridgehead atoms. The van der Waals surface area contributed by atoms with Gasteiger partial charge in [-0.2, -0.15) is 0 Å². The van der Waals surface area contributed by atoms with Gasteiger partial charge in [0.2, 0.25) is 5.91 Å². The molecule has 31 heavy (non-hydrogen) atoms. The second-order valence-corrected chi connectivity index (χ2v) is 10.2. The number of carbonyl (C=O) groups is 1. The fourth-order valence-corrected chi connectivity index (χ4v) is 3.92. The van der Waals surface area contributed by atoms with E-state index in [9.17, 15) is 13.2 Å². The molecule has 0 fully saturated rings. The highest BCUT2D eigenvalue weighted by molar-refractivity contribution is 7.89. The lowest BCUT2D eigenvalue weighted by Crippen LogP contribution is -2.28. The van der Waals surface area contributed by atoms with Gasteiger partial charge >= 0.3 is 0 Å². The fourth-order valence-electron chi connectivity index (χ4n) is 3.24. The topological polar surface area (TPSA) is 90.3 Å². The first kappa shape index (κ1) is 22.8. The van der Waals surface area contributed by atoms with Crippen LogP contribution >= 0.6 is 0 Å². The minimum absolute atomic E-state index is 0.0122.